The predicted molar refractivity (Wildman–Crippen MR) is 39.8 cm³/mol. The summed E-state index contributed by atoms with van der Waals surface area (Å²) < 4.78 is 0. The summed E-state index contributed by atoms with van der Waals surface area (Å²) in [5.41, 5.74) is 1.96. The van der Waals surface area contributed by atoms with Gasteiger partial charge in [0.05, 0.1) is 0 Å². The van der Waals surface area contributed by atoms with E-state index in [0.717, 1.165) is 24.2 Å². The molecule has 0 aromatic heterocycles. The second-order valence-electron chi connectivity index (χ2n) is 2.77. The summed E-state index contributed by atoms with van der Waals surface area (Å²) in [7, 11) is 0. The zero-order chi connectivity index (χ0) is 7.84. The van der Waals surface area contributed by atoms with Gasteiger partial charge in [-0.2, -0.15) is 0 Å². The van der Waals surface area contributed by atoms with E-state index in [0.29, 0.717) is 0 Å². The molecule has 1 atom stereocenters. The molecule has 11 heavy (non-hydrogen) atoms. The maximum atomic E-state index is 10.9. The molecular weight excluding hydrogens is 142 g/mol. The van der Waals surface area contributed by atoms with E-state index in [1.165, 1.54) is 6.08 Å². The van der Waals surface area contributed by atoms with Gasteiger partial charge in [0.1, 0.15) is 6.10 Å². The van der Waals surface area contributed by atoms with Crippen LogP contribution in [0.5, 0.6) is 0 Å². The van der Waals surface area contributed by atoms with Crippen LogP contribution in [0.1, 0.15) is 6.42 Å². The van der Waals surface area contributed by atoms with Crippen LogP contribution < -0.4 is 5.32 Å². The van der Waals surface area contributed by atoms with Crippen molar-refractivity contribution in [3.8, 4) is 0 Å². The molecule has 0 amide bonds. The van der Waals surface area contributed by atoms with Crippen molar-refractivity contribution < 1.29 is 9.90 Å². The van der Waals surface area contributed by atoms with Crippen molar-refractivity contribution in [2.45, 2.75) is 12.5 Å². The molecule has 3 heteroatoms. The molecule has 1 heterocycles. The Morgan fingerprint density at radius 1 is 1.64 bits per heavy atom. The maximum Gasteiger partial charge on any atom is 0.190 e. The lowest BCUT2D eigenvalue weighted by atomic mass is 10.0. The van der Waals surface area contributed by atoms with Crippen LogP contribution in [0.15, 0.2) is 23.4 Å². The average molecular weight is 151 g/mol. The average Bonchev–Trinajstić information content (AvgIpc) is 2.36. The molecule has 0 spiro atoms. The molecule has 0 saturated carbocycles. The first kappa shape index (κ1) is 6.61. The van der Waals surface area contributed by atoms with E-state index in [1.807, 2.05) is 0 Å². The van der Waals surface area contributed by atoms with Crippen molar-refractivity contribution in [2.24, 2.45) is 0 Å². The molecule has 0 aromatic rings. The van der Waals surface area contributed by atoms with Crippen molar-refractivity contribution in [1.29, 1.82) is 0 Å². The van der Waals surface area contributed by atoms with E-state index in [4.69, 9.17) is 5.11 Å². The lowest BCUT2D eigenvalue weighted by molar-refractivity contribution is -0.120. The molecule has 1 aliphatic carbocycles. The van der Waals surface area contributed by atoms with Crippen LogP contribution in [0.2, 0.25) is 0 Å². The van der Waals surface area contributed by atoms with Crippen LogP contribution >= 0.6 is 0 Å². The molecule has 2 aliphatic rings. The number of allylic oxidation sites excluding steroid dienone is 1. The van der Waals surface area contributed by atoms with Gasteiger partial charge in [0.25, 0.3) is 0 Å². The second kappa shape index (κ2) is 2.20. The molecule has 2 N–H and O–H groups in total. The zero-order valence-corrected chi connectivity index (χ0v) is 6.00. The highest BCUT2D eigenvalue weighted by molar-refractivity contribution is 5.97. The smallest absolute Gasteiger partial charge is 0.190 e. The number of aliphatic hydroxyl groups is 1. The lowest BCUT2D eigenvalue weighted by Gasteiger charge is -2.10. The van der Waals surface area contributed by atoms with Gasteiger partial charge in [-0.25, -0.2) is 0 Å². The molecule has 1 fully saturated rings. The predicted octanol–water partition coefficient (Wildman–Crippen LogP) is -0.266. The number of ketones is 1. The fourth-order valence-corrected chi connectivity index (χ4v) is 1.40. The van der Waals surface area contributed by atoms with Crippen molar-refractivity contribution in [3.63, 3.8) is 0 Å². The van der Waals surface area contributed by atoms with Gasteiger partial charge in [0.2, 0.25) is 0 Å². The van der Waals surface area contributed by atoms with Gasteiger partial charge in [-0.1, -0.05) is 0 Å². The van der Waals surface area contributed by atoms with Crippen molar-refractivity contribution in [2.75, 3.05) is 6.54 Å². The summed E-state index contributed by atoms with van der Waals surface area (Å²) in [5.74, 6) is -0.224. The molecule has 3 nitrogen and oxygen atoms in total. The Kier molecular flexibility index (Phi) is 1.32. The van der Waals surface area contributed by atoms with E-state index in [9.17, 15) is 4.79 Å². The van der Waals surface area contributed by atoms with Gasteiger partial charge in [-0.05, 0) is 18.1 Å². The van der Waals surface area contributed by atoms with Gasteiger partial charge in [0, 0.05) is 18.3 Å². The summed E-state index contributed by atoms with van der Waals surface area (Å²) >= 11 is 0. The monoisotopic (exact) mass is 151 g/mol. The minimum Gasteiger partial charge on any atom is -0.384 e. The highest BCUT2D eigenvalue weighted by Gasteiger charge is 2.23. The third kappa shape index (κ3) is 0.973. The zero-order valence-electron chi connectivity index (χ0n) is 6.00. The lowest BCUT2D eigenvalue weighted by Crippen LogP contribution is -2.21. The van der Waals surface area contributed by atoms with Crippen LogP contribution in [0, 0.1) is 0 Å². The minimum atomic E-state index is -0.909. The third-order valence-electron chi connectivity index (χ3n) is 1.99. The van der Waals surface area contributed by atoms with Gasteiger partial charge in [-0.3, -0.25) is 4.79 Å². The normalized spacial score (nSPS) is 28.8. The fraction of sp³-hybridized carbons (Fsp3) is 0.375. The van der Waals surface area contributed by atoms with E-state index >= 15 is 0 Å². The van der Waals surface area contributed by atoms with Crippen molar-refractivity contribution >= 4 is 5.78 Å². The second-order valence-corrected chi connectivity index (χ2v) is 2.77. The quantitative estimate of drug-likeness (QED) is 0.501. The van der Waals surface area contributed by atoms with Crippen molar-refractivity contribution in [3.05, 3.63) is 23.4 Å². The number of hydrogen-bond acceptors (Lipinski definition) is 3. The number of rotatable bonds is 0. The summed E-state index contributed by atoms with van der Waals surface area (Å²) in [6.07, 6.45) is 3.11. The van der Waals surface area contributed by atoms with Crippen LogP contribution in [0.4, 0.5) is 0 Å². The summed E-state index contributed by atoms with van der Waals surface area (Å²) in [4.78, 5) is 10.9. The van der Waals surface area contributed by atoms with Gasteiger partial charge in [-0.15, -0.1) is 0 Å². The van der Waals surface area contributed by atoms with Gasteiger partial charge in [0.15, 0.2) is 5.78 Å². The molecular formula is C8H9NO2. The first-order valence-electron chi connectivity index (χ1n) is 3.66. The maximum absolute atomic E-state index is 10.9. The fourth-order valence-electron chi connectivity index (χ4n) is 1.40. The summed E-state index contributed by atoms with van der Waals surface area (Å²) in [5, 5.41) is 12.2. The molecule has 0 radical (unpaired) electrons. The number of fused-ring (bicyclic) bond motifs is 1. The standard InChI is InChI=1S/C8H9NO2/c10-7-3-5-1-2-9-6(5)4-8(7)11/h3-4,7,9-10H,1-2H2. The topological polar surface area (TPSA) is 49.3 Å². The molecule has 2 rings (SSSR count). The van der Waals surface area contributed by atoms with Gasteiger partial charge < -0.3 is 10.4 Å². The van der Waals surface area contributed by atoms with E-state index < -0.39 is 6.10 Å². The Morgan fingerprint density at radius 3 is 3.27 bits per heavy atom. The Hall–Kier alpha value is -1.09. The van der Waals surface area contributed by atoms with E-state index in [2.05, 4.69) is 5.32 Å². The van der Waals surface area contributed by atoms with Crippen LogP contribution in [-0.4, -0.2) is 23.5 Å². The first-order valence-corrected chi connectivity index (χ1v) is 3.66. The summed E-state index contributed by atoms with van der Waals surface area (Å²) in [6.45, 7) is 0.873. The number of carbonyl (C=O) groups excluding carboxylic acids is 1. The molecule has 0 bridgehead atoms. The first-order chi connectivity index (χ1) is 5.27. The van der Waals surface area contributed by atoms with Crippen LogP contribution in [-0.2, 0) is 4.79 Å². The van der Waals surface area contributed by atoms with E-state index in [-0.39, 0.29) is 5.78 Å². The van der Waals surface area contributed by atoms with E-state index in [1.54, 1.807) is 6.08 Å². The highest BCUT2D eigenvalue weighted by atomic mass is 16.3. The number of nitrogens with one attached hydrogen (secondary N) is 1. The molecule has 1 saturated heterocycles. The summed E-state index contributed by atoms with van der Waals surface area (Å²) in [6, 6.07) is 0. The molecule has 58 valence electrons. The van der Waals surface area contributed by atoms with Crippen LogP contribution in [0.25, 0.3) is 0 Å². The minimum absolute atomic E-state index is 0.224. The van der Waals surface area contributed by atoms with Crippen molar-refractivity contribution in [1.82, 2.24) is 5.32 Å². The SMILES string of the molecule is O=C1C=C2NCCC2=CC1O. The molecule has 0 aromatic carbocycles. The third-order valence-corrected chi connectivity index (χ3v) is 1.99. The molecule has 1 unspecified atom stereocenters. The highest BCUT2D eigenvalue weighted by Crippen LogP contribution is 2.22. The Bertz CT molecular complexity index is 265. The Balaban J connectivity index is 2.36. The number of carbonyl (C=O) groups is 1. The number of aliphatic hydroxyl groups excluding tert-OH is 1. The largest absolute Gasteiger partial charge is 0.384 e. The Morgan fingerprint density at radius 2 is 2.45 bits per heavy atom. The van der Waals surface area contributed by atoms with Gasteiger partial charge >= 0.3 is 0 Å². The molecule has 1 aliphatic heterocycles. The van der Waals surface area contributed by atoms with Crippen LogP contribution in [0.3, 0.4) is 0 Å². The Labute approximate surface area is 64.4 Å². The number of hydrogen-bond donors (Lipinski definition) is 2.